The first-order valence-corrected chi connectivity index (χ1v) is 8.27. The largest absolute Gasteiger partial charge is 0.465 e. The topological polar surface area (TPSA) is 112 Å². The summed E-state index contributed by atoms with van der Waals surface area (Å²) in [6, 6.07) is 5.81. The van der Waals surface area contributed by atoms with Gasteiger partial charge in [0.15, 0.2) is 6.61 Å². The molecule has 10 heteroatoms. The van der Waals surface area contributed by atoms with Gasteiger partial charge in [0.25, 0.3) is 11.6 Å². The van der Waals surface area contributed by atoms with Crippen LogP contribution in [0.3, 0.4) is 0 Å². The molecule has 0 atom stereocenters. The van der Waals surface area contributed by atoms with Crippen molar-refractivity contribution in [2.75, 3.05) is 11.9 Å². The third-order valence-electron chi connectivity index (χ3n) is 2.77. The number of carbonyl (C=O) groups is 2. The lowest BCUT2D eigenvalue weighted by atomic mass is 10.3. The average Bonchev–Trinajstić information content (AvgIpc) is 3.07. The minimum absolute atomic E-state index is 0.147. The normalized spacial score (nSPS) is 10.6. The van der Waals surface area contributed by atoms with E-state index in [-0.39, 0.29) is 11.4 Å². The fourth-order valence-corrected chi connectivity index (χ4v) is 3.04. The Kier molecular flexibility index (Phi) is 6.48. The van der Waals surface area contributed by atoms with Crippen LogP contribution in [0.5, 0.6) is 0 Å². The van der Waals surface area contributed by atoms with E-state index in [1.165, 1.54) is 24.5 Å². The summed E-state index contributed by atoms with van der Waals surface area (Å²) in [7, 11) is 0. The molecule has 0 aliphatic heterocycles. The molecular formula is C15H10Br2N2O6. The number of hydrogen-bond donors (Lipinski definition) is 1. The Morgan fingerprint density at radius 2 is 2.00 bits per heavy atom. The van der Waals surface area contributed by atoms with Gasteiger partial charge in [-0.2, -0.15) is 0 Å². The number of halogens is 2. The van der Waals surface area contributed by atoms with E-state index in [0.29, 0.717) is 14.7 Å². The summed E-state index contributed by atoms with van der Waals surface area (Å²) in [4.78, 5) is 33.6. The molecule has 1 aromatic heterocycles. The summed E-state index contributed by atoms with van der Waals surface area (Å²) in [5.41, 5.74) is 0.143. The number of benzene rings is 1. The number of amides is 1. The van der Waals surface area contributed by atoms with E-state index in [2.05, 4.69) is 37.2 Å². The Hall–Kier alpha value is -2.46. The van der Waals surface area contributed by atoms with Crippen LogP contribution in [0, 0.1) is 10.1 Å². The highest BCUT2D eigenvalue weighted by Gasteiger charge is 2.16. The van der Waals surface area contributed by atoms with E-state index in [1.54, 1.807) is 12.1 Å². The molecule has 8 nitrogen and oxygen atoms in total. The predicted molar refractivity (Wildman–Crippen MR) is 95.8 cm³/mol. The summed E-state index contributed by atoms with van der Waals surface area (Å²) in [6.07, 6.45) is 3.99. The van der Waals surface area contributed by atoms with Gasteiger partial charge in [-0.05, 0) is 50.1 Å². The first kappa shape index (κ1) is 18.9. The van der Waals surface area contributed by atoms with Gasteiger partial charge in [-0.3, -0.25) is 14.9 Å². The third kappa shape index (κ3) is 5.54. The van der Waals surface area contributed by atoms with Crippen LogP contribution in [-0.2, 0) is 14.3 Å². The molecule has 0 spiro atoms. The molecule has 0 saturated heterocycles. The zero-order valence-corrected chi connectivity index (χ0v) is 15.6. The van der Waals surface area contributed by atoms with Crippen LogP contribution in [-0.4, -0.2) is 23.4 Å². The van der Waals surface area contributed by atoms with Crippen molar-refractivity contribution in [3.8, 4) is 0 Å². The van der Waals surface area contributed by atoms with E-state index in [1.807, 2.05) is 0 Å². The van der Waals surface area contributed by atoms with Crippen molar-refractivity contribution in [2.24, 2.45) is 0 Å². The van der Waals surface area contributed by atoms with Crippen molar-refractivity contribution in [2.45, 2.75) is 0 Å². The van der Waals surface area contributed by atoms with E-state index in [4.69, 9.17) is 9.15 Å². The Balaban J connectivity index is 1.92. The lowest BCUT2D eigenvalue weighted by Gasteiger charge is -2.09. The smallest absolute Gasteiger partial charge is 0.331 e. The molecule has 1 aromatic carbocycles. The number of nitrogens with zero attached hydrogens (tertiary/aromatic N) is 1. The number of rotatable bonds is 6. The summed E-state index contributed by atoms with van der Waals surface area (Å²) in [6.45, 7) is -0.517. The summed E-state index contributed by atoms with van der Waals surface area (Å²) in [5, 5.41) is 13.3. The number of esters is 1. The van der Waals surface area contributed by atoms with Gasteiger partial charge in [0.2, 0.25) is 0 Å². The van der Waals surface area contributed by atoms with Crippen molar-refractivity contribution in [1.82, 2.24) is 0 Å². The standard InChI is InChI=1S/C15H10Br2N2O6/c16-11-6-9(19(22)23)7-12(17)15(11)18-13(20)8-25-14(21)4-3-10-2-1-5-24-10/h1-7H,8H2,(H,18,20). The van der Waals surface area contributed by atoms with E-state index in [9.17, 15) is 19.7 Å². The van der Waals surface area contributed by atoms with E-state index < -0.39 is 23.4 Å². The Labute approximate surface area is 158 Å². The van der Waals surface area contributed by atoms with Gasteiger partial charge in [-0.1, -0.05) is 0 Å². The second-order valence-electron chi connectivity index (χ2n) is 4.55. The van der Waals surface area contributed by atoms with Gasteiger partial charge in [0, 0.05) is 27.2 Å². The van der Waals surface area contributed by atoms with Gasteiger partial charge in [-0.15, -0.1) is 0 Å². The summed E-state index contributed by atoms with van der Waals surface area (Å²) < 4.78 is 10.4. The van der Waals surface area contributed by atoms with Crippen LogP contribution >= 0.6 is 31.9 Å². The van der Waals surface area contributed by atoms with E-state index >= 15 is 0 Å². The monoisotopic (exact) mass is 472 g/mol. The molecule has 1 N–H and O–H groups in total. The molecule has 0 bridgehead atoms. The molecule has 130 valence electrons. The number of furan rings is 1. The van der Waals surface area contributed by atoms with Crippen LogP contribution in [0.15, 0.2) is 50.0 Å². The number of nitrogens with one attached hydrogen (secondary N) is 1. The predicted octanol–water partition coefficient (Wildman–Crippen LogP) is 3.91. The lowest BCUT2D eigenvalue weighted by Crippen LogP contribution is -2.20. The average molecular weight is 474 g/mol. The first-order valence-electron chi connectivity index (χ1n) is 6.68. The van der Waals surface area contributed by atoms with Crippen LogP contribution in [0.4, 0.5) is 11.4 Å². The molecule has 0 aliphatic carbocycles. The van der Waals surface area contributed by atoms with Crippen molar-refractivity contribution in [3.05, 3.63) is 61.4 Å². The molecule has 1 amide bonds. The molecular weight excluding hydrogens is 464 g/mol. The van der Waals surface area contributed by atoms with Crippen molar-refractivity contribution < 1.29 is 23.7 Å². The van der Waals surface area contributed by atoms with Gasteiger partial charge >= 0.3 is 5.97 Å². The van der Waals surface area contributed by atoms with Crippen molar-refractivity contribution in [1.29, 1.82) is 0 Å². The fourth-order valence-electron chi connectivity index (χ4n) is 1.68. The van der Waals surface area contributed by atoms with Crippen molar-refractivity contribution >= 4 is 61.2 Å². The number of nitro benzene ring substituents is 1. The Bertz CT molecular complexity index is 810. The lowest BCUT2D eigenvalue weighted by molar-refractivity contribution is -0.385. The minimum atomic E-state index is -0.714. The molecule has 2 aromatic rings. The van der Waals surface area contributed by atoms with Crippen LogP contribution in [0.1, 0.15) is 5.76 Å². The van der Waals surface area contributed by atoms with Gasteiger partial charge in [0.1, 0.15) is 5.76 Å². The van der Waals surface area contributed by atoms with Gasteiger partial charge < -0.3 is 14.5 Å². The second-order valence-corrected chi connectivity index (χ2v) is 6.25. The van der Waals surface area contributed by atoms with Gasteiger partial charge in [0.05, 0.1) is 16.9 Å². The maximum Gasteiger partial charge on any atom is 0.331 e. The zero-order chi connectivity index (χ0) is 18.4. The Morgan fingerprint density at radius 1 is 1.32 bits per heavy atom. The highest BCUT2D eigenvalue weighted by molar-refractivity contribution is 9.11. The number of ether oxygens (including phenoxy) is 1. The number of anilines is 1. The molecule has 0 radical (unpaired) electrons. The quantitative estimate of drug-likeness (QED) is 0.294. The van der Waals surface area contributed by atoms with E-state index in [0.717, 1.165) is 6.08 Å². The molecule has 25 heavy (non-hydrogen) atoms. The van der Waals surface area contributed by atoms with Crippen LogP contribution < -0.4 is 5.32 Å². The molecule has 1 heterocycles. The SMILES string of the molecule is O=C(COC(=O)C=Cc1ccco1)Nc1c(Br)cc([N+](=O)[O-])cc1Br. The van der Waals surface area contributed by atoms with Gasteiger partial charge in [-0.25, -0.2) is 4.79 Å². The molecule has 0 fully saturated rings. The van der Waals surface area contributed by atoms with Crippen LogP contribution in [0.25, 0.3) is 6.08 Å². The zero-order valence-electron chi connectivity index (χ0n) is 12.4. The minimum Gasteiger partial charge on any atom is -0.465 e. The maximum atomic E-state index is 11.9. The molecule has 0 saturated carbocycles. The highest BCUT2D eigenvalue weighted by Crippen LogP contribution is 2.35. The maximum absolute atomic E-state index is 11.9. The summed E-state index contributed by atoms with van der Waals surface area (Å²) in [5.74, 6) is -0.844. The van der Waals surface area contributed by atoms with Crippen molar-refractivity contribution in [3.63, 3.8) is 0 Å². The number of carbonyl (C=O) groups excluding carboxylic acids is 2. The molecule has 0 aliphatic rings. The number of nitro groups is 1. The van der Waals surface area contributed by atoms with Crippen LogP contribution in [0.2, 0.25) is 0 Å². The third-order valence-corrected chi connectivity index (χ3v) is 4.03. The molecule has 0 unspecified atom stereocenters. The number of non-ortho nitro benzene ring substituents is 1. The highest BCUT2D eigenvalue weighted by atomic mass is 79.9. The first-order chi connectivity index (χ1) is 11.9. The summed E-state index contributed by atoms with van der Waals surface area (Å²) >= 11 is 6.29. The number of hydrogen-bond acceptors (Lipinski definition) is 6. The molecule has 2 rings (SSSR count). The fraction of sp³-hybridized carbons (Fsp3) is 0.0667. The second kappa shape index (κ2) is 8.58. The Morgan fingerprint density at radius 3 is 2.56 bits per heavy atom.